The summed E-state index contributed by atoms with van der Waals surface area (Å²) in [6, 6.07) is 7.22. The topological polar surface area (TPSA) is 66.5 Å². The Balaban J connectivity index is 1.31. The number of fused-ring (bicyclic) bond motifs is 3. The van der Waals surface area contributed by atoms with Gasteiger partial charge in [-0.2, -0.15) is 0 Å². The minimum absolute atomic E-state index is 0.112. The number of imide groups is 1. The van der Waals surface area contributed by atoms with Gasteiger partial charge in [-0.25, -0.2) is 0 Å². The van der Waals surface area contributed by atoms with Crippen LogP contribution < -0.4 is 5.32 Å². The van der Waals surface area contributed by atoms with Crippen molar-refractivity contribution in [3.8, 4) is 0 Å². The molecule has 0 aromatic heterocycles. The molecule has 1 saturated heterocycles. The van der Waals surface area contributed by atoms with Crippen LogP contribution in [0.5, 0.6) is 0 Å². The third-order valence-corrected chi connectivity index (χ3v) is 7.41. The molecule has 130 valence electrons. The second kappa shape index (κ2) is 5.16. The van der Waals surface area contributed by atoms with E-state index in [0.717, 1.165) is 17.3 Å². The van der Waals surface area contributed by atoms with Crippen molar-refractivity contribution in [2.75, 3.05) is 11.9 Å². The van der Waals surface area contributed by atoms with Crippen molar-refractivity contribution >= 4 is 39.3 Å². The Kier molecular flexibility index (Phi) is 3.21. The summed E-state index contributed by atoms with van der Waals surface area (Å²) in [5.41, 5.74) is 0.955. The highest BCUT2D eigenvalue weighted by atomic mass is 79.9. The van der Waals surface area contributed by atoms with Crippen molar-refractivity contribution in [1.29, 1.82) is 0 Å². The first-order valence-electron chi connectivity index (χ1n) is 8.92. The molecular weight excluding hydrogens is 384 g/mol. The largest absolute Gasteiger partial charge is 0.325 e. The van der Waals surface area contributed by atoms with Crippen LogP contribution in [0, 0.1) is 29.1 Å². The minimum atomic E-state index is -0.322. The van der Waals surface area contributed by atoms with E-state index in [1.54, 1.807) is 12.1 Å². The van der Waals surface area contributed by atoms with Crippen molar-refractivity contribution in [3.63, 3.8) is 0 Å². The van der Waals surface area contributed by atoms with Crippen LogP contribution in [0.15, 0.2) is 28.7 Å². The summed E-state index contributed by atoms with van der Waals surface area (Å²) in [5, 5.41) is 2.76. The number of rotatable bonds is 3. The zero-order valence-corrected chi connectivity index (χ0v) is 15.3. The predicted molar refractivity (Wildman–Crippen MR) is 94.4 cm³/mol. The van der Waals surface area contributed by atoms with Gasteiger partial charge in [0.15, 0.2) is 0 Å². The van der Waals surface area contributed by atoms with Crippen molar-refractivity contribution in [2.45, 2.75) is 25.7 Å². The summed E-state index contributed by atoms with van der Waals surface area (Å²) < 4.78 is 0.924. The molecule has 4 atom stereocenters. The van der Waals surface area contributed by atoms with Crippen LogP contribution in [0.4, 0.5) is 5.69 Å². The van der Waals surface area contributed by atoms with Gasteiger partial charge >= 0.3 is 0 Å². The number of carbonyl (C=O) groups is 3. The first kappa shape index (κ1) is 15.6. The van der Waals surface area contributed by atoms with Crippen LogP contribution in [-0.4, -0.2) is 29.2 Å². The van der Waals surface area contributed by atoms with E-state index < -0.39 is 0 Å². The number of benzene rings is 1. The van der Waals surface area contributed by atoms with Gasteiger partial charge in [0.1, 0.15) is 6.54 Å². The van der Waals surface area contributed by atoms with Crippen molar-refractivity contribution < 1.29 is 14.4 Å². The quantitative estimate of drug-likeness (QED) is 0.790. The molecule has 4 aliphatic rings. The number of carbonyl (C=O) groups excluding carboxylic acids is 3. The number of anilines is 1. The number of nitrogens with zero attached hydrogens (tertiary/aromatic N) is 1. The average molecular weight is 403 g/mol. The molecule has 6 heteroatoms. The van der Waals surface area contributed by atoms with Gasteiger partial charge in [0.25, 0.3) is 0 Å². The van der Waals surface area contributed by atoms with Gasteiger partial charge in [-0.05, 0) is 67.2 Å². The summed E-state index contributed by atoms with van der Waals surface area (Å²) in [4.78, 5) is 39.2. The van der Waals surface area contributed by atoms with Gasteiger partial charge < -0.3 is 5.32 Å². The number of likely N-dealkylation sites (tertiary alicyclic amines) is 1. The second-order valence-corrected chi connectivity index (χ2v) is 8.81. The lowest BCUT2D eigenvalue weighted by Crippen LogP contribution is -2.40. The molecule has 3 amide bonds. The second-order valence-electron chi connectivity index (χ2n) is 7.89. The van der Waals surface area contributed by atoms with Crippen LogP contribution in [0.1, 0.15) is 25.7 Å². The summed E-state index contributed by atoms with van der Waals surface area (Å²) in [6.07, 6.45) is 4.51. The molecule has 3 saturated carbocycles. The fourth-order valence-corrected chi connectivity index (χ4v) is 6.09. The van der Waals surface area contributed by atoms with Crippen LogP contribution in [0.3, 0.4) is 0 Å². The molecule has 4 unspecified atom stereocenters. The lowest BCUT2D eigenvalue weighted by Gasteiger charge is -2.21. The number of amides is 3. The van der Waals surface area contributed by atoms with Crippen molar-refractivity contribution in [3.05, 3.63) is 28.7 Å². The van der Waals surface area contributed by atoms with E-state index >= 15 is 0 Å². The molecular formula is C19H19BrN2O3. The van der Waals surface area contributed by atoms with E-state index in [4.69, 9.17) is 0 Å². The Hall–Kier alpha value is -1.69. The maximum Gasteiger partial charge on any atom is 0.244 e. The van der Waals surface area contributed by atoms with Gasteiger partial charge in [0, 0.05) is 10.2 Å². The third-order valence-electron chi connectivity index (χ3n) is 6.88. The Morgan fingerprint density at radius 3 is 2.16 bits per heavy atom. The SMILES string of the molecule is O=C(CN1C(=O)C2C(C1=O)C1CCC2C12CC2)Nc1ccc(Br)cc1. The van der Waals surface area contributed by atoms with Crippen molar-refractivity contribution in [1.82, 2.24) is 4.90 Å². The van der Waals surface area contributed by atoms with Crippen LogP contribution in [0.25, 0.3) is 0 Å². The van der Waals surface area contributed by atoms with E-state index in [9.17, 15) is 14.4 Å². The zero-order valence-electron chi connectivity index (χ0n) is 13.7. The molecule has 1 aromatic carbocycles. The summed E-state index contributed by atoms with van der Waals surface area (Å²) in [7, 11) is 0. The number of hydrogen-bond donors (Lipinski definition) is 1. The molecule has 5 nitrogen and oxygen atoms in total. The maximum absolute atomic E-state index is 12.9. The zero-order chi connectivity index (χ0) is 17.3. The van der Waals surface area contributed by atoms with Crippen molar-refractivity contribution in [2.24, 2.45) is 29.1 Å². The summed E-state index contributed by atoms with van der Waals surface area (Å²) in [5.74, 6) is -0.114. The molecule has 0 radical (unpaired) electrons. The van der Waals surface area contributed by atoms with E-state index in [-0.39, 0.29) is 36.1 Å². The smallest absolute Gasteiger partial charge is 0.244 e. The first-order valence-corrected chi connectivity index (χ1v) is 9.71. The van der Waals surface area contributed by atoms with E-state index in [2.05, 4.69) is 21.2 Å². The maximum atomic E-state index is 12.9. The van der Waals surface area contributed by atoms with Gasteiger partial charge in [-0.1, -0.05) is 15.9 Å². The fourth-order valence-electron chi connectivity index (χ4n) is 5.82. The molecule has 1 aliphatic heterocycles. The van der Waals surface area contributed by atoms with E-state index in [1.807, 2.05) is 12.1 Å². The average Bonchev–Trinajstić information content (AvgIpc) is 3.20. The molecule has 4 fully saturated rings. The number of halogens is 1. The molecule has 1 N–H and O–H groups in total. The minimum Gasteiger partial charge on any atom is -0.325 e. The normalized spacial score (nSPS) is 33.9. The fraction of sp³-hybridized carbons (Fsp3) is 0.526. The van der Waals surface area contributed by atoms with Crippen LogP contribution >= 0.6 is 15.9 Å². The molecule has 3 aliphatic carbocycles. The van der Waals surface area contributed by atoms with E-state index in [1.165, 1.54) is 17.7 Å². The molecule has 1 aromatic rings. The third kappa shape index (κ3) is 2.09. The standard InChI is InChI=1S/C19H19BrN2O3/c20-10-1-3-11(4-2-10)21-14(23)9-22-17(24)15-12-5-6-13(16(15)18(22)25)19(12)7-8-19/h1-4,12-13,15-16H,5-9H2,(H,21,23). The Bertz CT molecular complexity index is 754. The highest BCUT2D eigenvalue weighted by Gasteiger charge is 2.74. The highest BCUT2D eigenvalue weighted by molar-refractivity contribution is 9.10. The Morgan fingerprint density at radius 1 is 1.08 bits per heavy atom. The van der Waals surface area contributed by atoms with Crippen LogP contribution in [0.2, 0.25) is 0 Å². The van der Waals surface area contributed by atoms with Crippen LogP contribution in [-0.2, 0) is 14.4 Å². The lowest BCUT2D eigenvalue weighted by molar-refractivity contribution is -0.143. The first-order chi connectivity index (χ1) is 12.0. The summed E-state index contributed by atoms with van der Waals surface area (Å²) in [6.45, 7) is -0.173. The number of hydrogen-bond acceptors (Lipinski definition) is 3. The van der Waals surface area contributed by atoms with Gasteiger partial charge in [0.2, 0.25) is 17.7 Å². The summed E-state index contributed by atoms with van der Waals surface area (Å²) >= 11 is 3.35. The van der Waals surface area contributed by atoms with E-state index in [0.29, 0.717) is 22.9 Å². The van der Waals surface area contributed by atoms with Gasteiger partial charge in [-0.3, -0.25) is 19.3 Å². The Morgan fingerprint density at radius 2 is 1.64 bits per heavy atom. The molecule has 5 rings (SSSR count). The van der Waals surface area contributed by atoms with Gasteiger partial charge in [-0.15, -0.1) is 0 Å². The lowest BCUT2D eigenvalue weighted by atomic mass is 9.81. The Labute approximate surface area is 154 Å². The monoisotopic (exact) mass is 402 g/mol. The molecule has 1 heterocycles. The molecule has 1 spiro atoms. The van der Waals surface area contributed by atoms with Gasteiger partial charge in [0.05, 0.1) is 11.8 Å². The predicted octanol–water partition coefficient (Wildman–Crippen LogP) is 2.81. The molecule has 25 heavy (non-hydrogen) atoms. The highest BCUT2D eigenvalue weighted by Crippen LogP contribution is 2.75. The molecule has 2 bridgehead atoms. The number of nitrogens with one attached hydrogen (secondary N) is 1.